The van der Waals surface area contributed by atoms with Crippen molar-refractivity contribution in [2.75, 3.05) is 0 Å². The lowest BCUT2D eigenvalue weighted by atomic mass is 9.85. The van der Waals surface area contributed by atoms with E-state index in [2.05, 4.69) is 15.0 Å². The molecule has 5 heteroatoms. The van der Waals surface area contributed by atoms with Gasteiger partial charge in [-0.05, 0) is 48.1 Å². The average molecular weight is 335 g/mol. The summed E-state index contributed by atoms with van der Waals surface area (Å²) in [5.74, 6) is -1.99. The Morgan fingerprint density at radius 1 is 0.840 bits per heavy atom. The molecule has 3 aromatic rings. The molecular weight excluding hydrogens is 314 g/mol. The molecule has 0 aliphatic heterocycles. The molecule has 0 saturated carbocycles. The third-order valence-electron chi connectivity index (χ3n) is 4.31. The number of rotatable bonds is 7. The highest BCUT2D eigenvalue weighted by atomic mass is 16.5. The second kappa shape index (κ2) is 7.96. The highest BCUT2D eigenvalue weighted by molar-refractivity contribution is 5.20. The average Bonchev–Trinajstić information content (AvgIpc) is 2.67. The Balaban J connectivity index is 1.79. The summed E-state index contributed by atoms with van der Waals surface area (Å²) < 4.78 is 0. The summed E-state index contributed by atoms with van der Waals surface area (Å²) in [7, 11) is 0. The summed E-state index contributed by atoms with van der Waals surface area (Å²) in [6, 6.07) is 11.2. The van der Waals surface area contributed by atoms with E-state index in [0.29, 0.717) is 5.56 Å². The van der Waals surface area contributed by atoms with Gasteiger partial charge in [-0.1, -0.05) is 18.2 Å². The number of aryl methyl sites for hydroxylation is 1. The number of hydrogen-bond acceptors (Lipinski definition) is 5. The highest BCUT2D eigenvalue weighted by Crippen LogP contribution is 2.33. The lowest BCUT2D eigenvalue weighted by Gasteiger charge is -2.27. The molecule has 0 radical (unpaired) electrons. The molecule has 3 aromatic heterocycles. The maximum absolute atomic E-state index is 10.6. The van der Waals surface area contributed by atoms with Crippen molar-refractivity contribution >= 4 is 0 Å². The molecular formula is C20H21N3O2. The van der Waals surface area contributed by atoms with Gasteiger partial charge in [0.25, 0.3) is 0 Å². The second-order valence-electron chi connectivity index (χ2n) is 6.15. The molecule has 25 heavy (non-hydrogen) atoms. The smallest absolute Gasteiger partial charge is 0.191 e. The maximum atomic E-state index is 10.6. The Hall–Kier alpha value is -2.63. The summed E-state index contributed by atoms with van der Waals surface area (Å²) in [6.07, 6.45) is 11.9. The summed E-state index contributed by atoms with van der Waals surface area (Å²) in [5, 5.41) is 21.2. The predicted octanol–water partition coefficient (Wildman–Crippen LogP) is 2.82. The van der Waals surface area contributed by atoms with E-state index >= 15 is 0 Å². The third-order valence-corrected chi connectivity index (χ3v) is 4.31. The van der Waals surface area contributed by atoms with Crippen LogP contribution in [0, 0.1) is 0 Å². The Labute approximate surface area is 147 Å². The van der Waals surface area contributed by atoms with Crippen molar-refractivity contribution in [1.29, 1.82) is 0 Å². The monoisotopic (exact) mass is 335 g/mol. The van der Waals surface area contributed by atoms with Crippen LogP contribution in [0.25, 0.3) is 0 Å². The van der Waals surface area contributed by atoms with Crippen molar-refractivity contribution in [2.45, 2.75) is 31.0 Å². The topological polar surface area (TPSA) is 79.1 Å². The fourth-order valence-corrected chi connectivity index (χ4v) is 2.95. The van der Waals surface area contributed by atoms with Crippen molar-refractivity contribution in [3.63, 3.8) is 0 Å². The van der Waals surface area contributed by atoms with E-state index < -0.39 is 5.79 Å². The molecule has 0 aliphatic carbocycles. The fraction of sp³-hybridized carbons (Fsp3) is 0.250. The van der Waals surface area contributed by atoms with Gasteiger partial charge in [-0.2, -0.15) is 0 Å². The molecule has 0 amide bonds. The largest absolute Gasteiger partial charge is 0.362 e. The van der Waals surface area contributed by atoms with Crippen molar-refractivity contribution in [3.8, 4) is 0 Å². The number of pyridine rings is 3. The van der Waals surface area contributed by atoms with Crippen LogP contribution in [-0.4, -0.2) is 25.2 Å². The maximum Gasteiger partial charge on any atom is 0.191 e. The van der Waals surface area contributed by atoms with Gasteiger partial charge in [0.1, 0.15) is 0 Å². The molecule has 0 bridgehead atoms. The molecule has 128 valence electrons. The summed E-state index contributed by atoms with van der Waals surface area (Å²) >= 11 is 0. The van der Waals surface area contributed by atoms with Crippen LogP contribution in [0.3, 0.4) is 0 Å². The lowest BCUT2D eigenvalue weighted by Crippen LogP contribution is -2.28. The van der Waals surface area contributed by atoms with E-state index in [1.54, 1.807) is 36.9 Å². The molecule has 2 N–H and O–H groups in total. The van der Waals surface area contributed by atoms with Crippen LogP contribution >= 0.6 is 0 Å². The number of aliphatic hydroxyl groups is 2. The van der Waals surface area contributed by atoms with Gasteiger partial charge in [-0.25, -0.2) is 0 Å². The summed E-state index contributed by atoms with van der Waals surface area (Å²) in [5.41, 5.74) is 2.51. The van der Waals surface area contributed by atoms with Crippen LogP contribution in [0.2, 0.25) is 0 Å². The van der Waals surface area contributed by atoms with Crippen LogP contribution in [-0.2, 0) is 12.2 Å². The first kappa shape index (κ1) is 17.2. The second-order valence-corrected chi connectivity index (χ2v) is 6.15. The van der Waals surface area contributed by atoms with E-state index in [1.165, 1.54) is 6.20 Å². The number of hydrogen-bond donors (Lipinski definition) is 2. The zero-order valence-corrected chi connectivity index (χ0v) is 13.9. The highest BCUT2D eigenvalue weighted by Gasteiger charge is 2.30. The van der Waals surface area contributed by atoms with Gasteiger partial charge in [-0.3, -0.25) is 15.0 Å². The van der Waals surface area contributed by atoms with E-state index in [-0.39, 0.29) is 12.3 Å². The number of aromatic nitrogens is 3. The minimum absolute atomic E-state index is 0.0517. The molecule has 3 heterocycles. The standard InChI is InChI=1S/C20H21N3O2/c24-20(25,19-6-3-11-23-15-19)12-17(18-5-2-10-22-14-18)8-7-16-4-1-9-21-13-16/h1-6,9-11,13-15,17,24-25H,7-8,12H2/t17-/m0/s1. The number of nitrogens with zero attached hydrogens (tertiary/aromatic N) is 3. The zero-order chi connectivity index (χ0) is 17.5. The van der Waals surface area contributed by atoms with Gasteiger partial charge in [0.15, 0.2) is 5.79 Å². The van der Waals surface area contributed by atoms with Crippen molar-refractivity contribution in [2.24, 2.45) is 0 Å². The lowest BCUT2D eigenvalue weighted by molar-refractivity contribution is -0.178. The first-order valence-electron chi connectivity index (χ1n) is 8.29. The first-order chi connectivity index (χ1) is 12.1. The molecule has 0 spiro atoms. The predicted molar refractivity (Wildman–Crippen MR) is 94.5 cm³/mol. The Morgan fingerprint density at radius 3 is 2.12 bits per heavy atom. The minimum Gasteiger partial charge on any atom is -0.362 e. The van der Waals surface area contributed by atoms with E-state index in [0.717, 1.165) is 24.0 Å². The zero-order valence-electron chi connectivity index (χ0n) is 13.9. The molecule has 1 atom stereocenters. The quantitative estimate of drug-likeness (QED) is 0.649. The first-order valence-corrected chi connectivity index (χ1v) is 8.29. The molecule has 3 rings (SSSR count). The van der Waals surface area contributed by atoms with E-state index in [1.807, 2.05) is 30.5 Å². The summed E-state index contributed by atoms with van der Waals surface area (Å²) in [4.78, 5) is 12.3. The van der Waals surface area contributed by atoms with E-state index in [4.69, 9.17) is 0 Å². The molecule has 0 unspecified atom stereocenters. The van der Waals surface area contributed by atoms with Crippen LogP contribution in [0.15, 0.2) is 73.6 Å². The molecule has 5 nitrogen and oxygen atoms in total. The normalized spacial score (nSPS) is 12.7. The third kappa shape index (κ3) is 4.68. The minimum atomic E-state index is -1.94. The van der Waals surface area contributed by atoms with Crippen LogP contribution in [0.1, 0.15) is 35.4 Å². The van der Waals surface area contributed by atoms with Gasteiger partial charge < -0.3 is 10.2 Å². The van der Waals surface area contributed by atoms with Gasteiger partial charge >= 0.3 is 0 Å². The van der Waals surface area contributed by atoms with Gasteiger partial charge in [0.2, 0.25) is 0 Å². The Kier molecular flexibility index (Phi) is 5.48. The van der Waals surface area contributed by atoms with Crippen LogP contribution < -0.4 is 0 Å². The molecule has 0 saturated heterocycles. The van der Waals surface area contributed by atoms with Crippen LogP contribution in [0.4, 0.5) is 0 Å². The summed E-state index contributed by atoms with van der Waals surface area (Å²) in [6.45, 7) is 0. The van der Waals surface area contributed by atoms with Crippen molar-refractivity contribution < 1.29 is 10.2 Å². The van der Waals surface area contributed by atoms with Gasteiger partial charge in [0.05, 0.1) is 0 Å². The molecule has 0 aromatic carbocycles. The Bertz CT molecular complexity index is 765. The SMILES string of the molecule is OC(O)(C[C@H](CCc1cccnc1)c1cccnc1)c1cccnc1. The Morgan fingerprint density at radius 2 is 1.52 bits per heavy atom. The molecule has 0 aliphatic rings. The van der Waals surface area contributed by atoms with E-state index in [9.17, 15) is 10.2 Å². The molecule has 0 fully saturated rings. The van der Waals surface area contributed by atoms with Gasteiger partial charge in [-0.15, -0.1) is 0 Å². The van der Waals surface area contributed by atoms with Gasteiger partial charge in [0, 0.05) is 49.2 Å². The van der Waals surface area contributed by atoms with Crippen molar-refractivity contribution in [1.82, 2.24) is 15.0 Å². The van der Waals surface area contributed by atoms with Crippen LogP contribution in [0.5, 0.6) is 0 Å². The van der Waals surface area contributed by atoms with Crippen molar-refractivity contribution in [3.05, 3.63) is 90.3 Å². The fourth-order valence-electron chi connectivity index (χ4n) is 2.95.